The summed E-state index contributed by atoms with van der Waals surface area (Å²) in [5, 5.41) is 61.4. The van der Waals surface area contributed by atoms with Crippen molar-refractivity contribution in [3.63, 3.8) is 0 Å². The Bertz CT molecular complexity index is 2760. The molecule has 0 spiro atoms. The number of amides is 6. The van der Waals surface area contributed by atoms with E-state index >= 15 is 0 Å². The predicted octanol–water partition coefficient (Wildman–Crippen LogP) is 12.6. The van der Waals surface area contributed by atoms with E-state index in [2.05, 4.69) is 61.6 Å². The van der Waals surface area contributed by atoms with Crippen molar-refractivity contribution >= 4 is 84.9 Å². The van der Waals surface area contributed by atoms with Gasteiger partial charge in [-0.25, -0.2) is 14.4 Å². The summed E-state index contributed by atoms with van der Waals surface area (Å²) >= 11 is 0. The topological polar surface area (TPSA) is 270 Å². The second kappa shape index (κ2) is 20.0. The van der Waals surface area contributed by atoms with Crippen LogP contribution in [0, 0.1) is 0 Å². The van der Waals surface area contributed by atoms with Crippen molar-refractivity contribution in [2.45, 2.75) is 0 Å². The van der Waals surface area contributed by atoms with Gasteiger partial charge in [0.2, 0.25) is 17.6 Å². The molecule has 6 aromatic carbocycles. The molecule has 63 heavy (non-hydrogen) atoms. The smallest absolute Gasteiger partial charge is 0.364 e. The average molecular weight is 841 g/mol. The molecule has 0 saturated heterocycles. The molecule has 0 aliphatic heterocycles. The molecule has 0 unspecified atom stereocenters. The van der Waals surface area contributed by atoms with Crippen LogP contribution in [0.5, 0.6) is 17.6 Å². The minimum absolute atomic E-state index is 0.118. The number of anilines is 3. The van der Waals surface area contributed by atoms with Gasteiger partial charge in [-0.15, -0.1) is 15.3 Å². The second-order valence-corrected chi connectivity index (χ2v) is 13.1. The number of aromatic amines is 3. The van der Waals surface area contributed by atoms with Crippen molar-refractivity contribution in [3.05, 3.63) is 164 Å². The van der Waals surface area contributed by atoms with E-state index in [-0.39, 0.29) is 34.7 Å². The Morgan fingerprint density at radius 3 is 0.857 bits per heavy atom. The first-order chi connectivity index (χ1) is 30.7. The number of para-hydroxylation sites is 6. The van der Waals surface area contributed by atoms with Gasteiger partial charge in [0.1, 0.15) is 0 Å². The summed E-state index contributed by atoms with van der Waals surface area (Å²) in [6.45, 7) is 0. The molecule has 0 atom stereocenters. The predicted molar refractivity (Wildman–Crippen MR) is 240 cm³/mol. The number of hydrogen-bond acceptors (Lipinski definition) is 9. The Labute approximate surface area is 356 Å². The summed E-state index contributed by atoms with van der Waals surface area (Å²) < 4.78 is 0. The number of nitrogens with zero attached hydrogens (tertiary/aromatic N) is 6. The van der Waals surface area contributed by atoms with Gasteiger partial charge < -0.3 is 46.2 Å². The van der Waals surface area contributed by atoms with Crippen molar-refractivity contribution in [3.8, 4) is 17.6 Å². The maximum Gasteiger partial charge on any atom is 0.364 e. The lowest BCUT2D eigenvalue weighted by Gasteiger charge is -1.98. The van der Waals surface area contributed by atoms with Crippen LogP contribution in [-0.4, -0.2) is 48.4 Å². The zero-order valence-corrected chi connectivity index (χ0v) is 32.8. The number of aromatic hydroxyl groups is 3. The van der Waals surface area contributed by atoms with Gasteiger partial charge in [-0.1, -0.05) is 125 Å². The zero-order chi connectivity index (χ0) is 44.0. The molecule has 18 heteroatoms. The van der Waals surface area contributed by atoms with Gasteiger partial charge in [0.05, 0.1) is 16.6 Å². The number of hydrogen-bond donors (Lipinski definition) is 9. The quantitative estimate of drug-likeness (QED) is 0.0734. The Morgan fingerprint density at radius 2 is 0.587 bits per heavy atom. The van der Waals surface area contributed by atoms with E-state index in [1.165, 1.54) is 0 Å². The third kappa shape index (κ3) is 11.0. The minimum atomic E-state index is -0.606. The number of rotatable bonds is 6. The van der Waals surface area contributed by atoms with Crippen LogP contribution in [0.15, 0.2) is 194 Å². The summed E-state index contributed by atoms with van der Waals surface area (Å²) in [4.78, 5) is 43.4. The maximum absolute atomic E-state index is 11.7. The molecule has 312 valence electrons. The summed E-state index contributed by atoms with van der Waals surface area (Å²) in [6.07, 6.45) is 0. The van der Waals surface area contributed by atoms with E-state index in [1.54, 1.807) is 109 Å². The Morgan fingerprint density at radius 1 is 0.349 bits per heavy atom. The van der Waals surface area contributed by atoms with E-state index in [1.807, 2.05) is 54.6 Å². The van der Waals surface area contributed by atoms with E-state index in [9.17, 15) is 29.7 Å². The monoisotopic (exact) mass is 840 g/mol. The third-order valence-corrected chi connectivity index (χ3v) is 8.78. The molecule has 3 heterocycles. The van der Waals surface area contributed by atoms with Gasteiger partial charge >= 0.3 is 18.1 Å². The van der Waals surface area contributed by atoms with Crippen LogP contribution < -0.4 is 16.0 Å². The lowest BCUT2D eigenvalue weighted by molar-refractivity contribution is 0.257. The summed E-state index contributed by atoms with van der Waals surface area (Å²) in [6, 6.07) is 46.8. The van der Waals surface area contributed by atoms with Gasteiger partial charge in [-0.2, -0.15) is 0 Å². The van der Waals surface area contributed by atoms with Gasteiger partial charge in [0.25, 0.3) is 0 Å². The standard InChI is InChI=1S/3C15H12N4O2/c3*20-14-13(11-8-4-5-9-12(11)17-14)18-19-15(21)16-10-6-2-1-3-7-10/h3*1-9,17,20H,(H,16,21). The molecule has 0 bridgehead atoms. The first-order valence-electron chi connectivity index (χ1n) is 18.9. The number of benzene rings is 6. The zero-order valence-electron chi connectivity index (χ0n) is 32.8. The number of H-pyrrole nitrogens is 3. The van der Waals surface area contributed by atoms with Gasteiger partial charge in [-0.3, -0.25) is 0 Å². The van der Waals surface area contributed by atoms with Crippen molar-refractivity contribution in [2.24, 2.45) is 30.7 Å². The van der Waals surface area contributed by atoms with Gasteiger partial charge in [0.15, 0.2) is 17.1 Å². The van der Waals surface area contributed by atoms with Crippen LogP contribution in [0.2, 0.25) is 0 Å². The van der Waals surface area contributed by atoms with E-state index in [0.29, 0.717) is 33.2 Å². The highest BCUT2D eigenvalue weighted by atomic mass is 16.3. The van der Waals surface area contributed by atoms with E-state index < -0.39 is 18.1 Å². The first-order valence-corrected chi connectivity index (χ1v) is 18.9. The molecule has 9 aromatic rings. The molecular formula is C45H36N12O6. The van der Waals surface area contributed by atoms with Crippen molar-refractivity contribution < 1.29 is 29.7 Å². The molecule has 0 aliphatic carbocycles. The van der Waals surface area contributed by atoms with Crippen LogP contribution in [0.4, 0.5) is 48.5 Å². The number of carbonyl (C=O) groups excluding carboxylic acids is 3. The van der Waals surface area contributed by atoms with Crippen LogP contribution >= 0.6 is 0 Å². The SMILES string of the molecule is O=C(N=Nc1c(O)[nH]c2ccccc12)Nc1ccccc1.O=C(N=Nc1c(O)[nH]c2ccccc12)Nc1ccccc1.O=C(N=Nc1c(O)[nH]c2ccccc12)Nc1ccccc1. The highest BCUT2D eigenvalue weighted by molar-refractivity contribution is 5.97. The summed E-state index contributed by atoms with van der Waals surface area (Å²) in [7, 11) is 0. The van der Waals surface area contributed by atoms with Crippen LogP contribution in [0.1, 0.15) is 0 Å². The summed E-state index contributed by atoms with van der Waals surface area (Å²) in [5.74, 6) is -0.354. The molecular weight excluding hydrogens is 805 g/mol. The fourth-order valence-corrected chi connectivity index (χ4v) is 5.94. The molecule has 9 rings (SSSR count). The molecule has 0 saturated carbocycles. The molecule has 9 N–H and O–H groups in total. The molecule has 0 radical (unpaired) electrons. The Kier molecular flexibility index (Phi) is 13.2. The fourth-order valence-electron chi connectivity index (χ4n) is 5.94. The summed E-state index contributed by atoms with van der Waals surface area (Å²) in [5.41, 5.74) is 4.81. The van der Waals surface area contributed by atoms with Gasteiger partial charge in [-0.05, 0) is 54.6 Å². The minimum Gasteiger partial charge on any atom is -0.493 e. The van der Waals surface area contributed by atoms with Crippen LogP contribution in [-0.2, 0) is 0 Å². The Balaban J connectivity index is 0.000000142. The third-order valence-electron chi connectivity index (χ3n) is 8.78. The van der Waals surface area contributed by atoms with Crippen LogP contribution in [0.25, 0.3) is 32.7 Å². The molecule has 3 aromatic heterocycles. The number of aromatic nitrogens is 3. The first kappa shape index (κ1) is 41.7. The highest BCUT2D eigenvalue weighted by Gasteiger charge is 2.13. The number of fused-ring (bicyclic) bond motifs is 3. The van der Waals surface area contributed by atoms with Crippen molar-refractivity contribution in [1.29, 1.82) is 0 Å². The highest BCUT2D eigenvalue weighted by Crippen LogP contribution is 2.37. The van der Waals surface area contributed by atoms with E-state index in [4.69, 9.17) is 0 Å². The number of nitrogens with one attached hydrogen (secondary N) is 6. The Hall–Kier alpha value is -9.45. The largest absolute Gasteiger partial charge is 0.493 e. The number of urea groups is 3. The molecule has 6 amide bonds. The molecule has 18 nitrogen and oxygen atoms in total. The van der Waals surface area contributed by atoms with Crippen molar-refractivity contribution in [2.75, 3.05) is 16.0 Å². The average Bonchev–Trinajstić information content (AvgIpc) is 3.92. The van der Waals surface area contributed by atoms with Crippen LogP contribution in [0.3, 0.4) is 0 Å². The fraction of sp³-hybridized carbons (Fsp3) is 0. The molecule has 0 aliphatic rings. The number of azo groups is 3. The van der Waals surface area contributed by atoms with E-state index in [0.717, 1.165) is 16.6 Å². The number of carbonyl (C=O) groups is 3. The van der Waals surface area contributed by atoms with Gasteiger partial charge in [0, 0.05) is 33.2 Å². The second-order valence-electron chi connectivity index (χ2n) is 13.1. The maximum atomic E-state index is 11.7. The van der Waals surface area contributed by atoms with Crippen molar-refractivity contribution in [1.82, 2.24) is 15.0 Å². The lowest BCUT2D eigenvalue weighted by atomic mass is 10.2. The normalized spacial score (nSPS) is 11.0. The lowest BCUT2D eigenvalue weighted by Crippen LogP contribution is -2.04. The molecule has 0 fully saturated rings.